The molecule has 1 aromatic carbocycles. The van der Waals surface area contributed by atoms with Crippen molar-refractivity contribution in [2.45, 2.75) is 45.1 Å². The predicted molar refractivity (Wildman–Crippen MR) is 102 cm³/mol. The Kier molecular flexibility index (Phi) is 6.55. The maximum Gasteiger partial charge on any atom is 0.272 e. The van der Waals surface area contributed by atoms with E-state index < -0.39 is 0 Å². The second-order valence-electron chi connectivity index (χ2n) is 6.59. The number of carbonyl (C=O) groups is 1. The third-order valence-corrected chi connectivity index (χ3v) is 4.50. The van der Waals surface area contributed by atoms with Crippen molar-refractivity contribution in [1.82, 2.24) is 15.5 Å². The average Bonchev–Trinajstić information content (AvgIpc) is 2.69. The fourth-order valence-electron chi connectivity index (χ4n) is 2.90. The topological polar surface area (TPSA) is 76.1 Å². The Morgan fingerprint density at radius 2 is 1.88 bits per heavy atom. The summed E-state index contributed by atoms with van der Waals surface area (Å²) in [6, 6.07) is 12.0. The summed E-state index contributed by atoms with van der Waals surface area (Å²) < 4.78 is 5.30. The molecule has 2 heterocycles. The zero-order valence-corrected chi connectivity index (χ0v) is 15.2. The molecule has 3 rings (SSSR count). The number of carbonyl (C=O) groups excluding carboxylic acids is 1. The van der Waals surface area contributed by atoms with Gasteiger partial charge in [0.1, 0.15) is 0 Å². The Bertz CT molecular complexity index is 695. The summed E-state index contributed by atoms with van der Waals surface area (Å²) in [6.45, 7) is 3.58. The molecular formula is C20H26N4O2. The number of nitrogens with zero attached hydrogens (tertiary/aromatic N) is 2. The smallest absolute Gasteiger partial charge is 0.272 e. The summed E-state index contributed by atoms with van der Waals surface area (Å²) in [7, 11) is 0. The lowest BCUT2D eigenvalue weighted by Gasteiger charge is -2.22. The largest absolute Gasteiger partial charge is 0.381 e. The van der Waals surface area contributed by atoms with E-state index in [4.69, 9.17) is 4.74 Å². The minimum atomic E-state index is -0.184. The maximum absolute atomic E-state index is 12.2. The van der Waals surface area contributed by atoms with Crippen LogP contribution in [0.15, 0.2) is 36.4 Å². The number of hydrogen-bond donors (Lipinski definition) is 2. The third-order valence-electron chi connectivity index (χ3n) is 4.50. The van der Waals surface area contributed by atoms with Gasteiger partial charge in [0, 0.05) is 24.9 Å². The molecule has 0 unspecified atom stereocenters. The van der Waals surface area contributed by atoms with Crippen molar-refractivity contribution < 1.29 is 9.53 Å². The summed E-state index contributed by atoms with van der Waals surface area (Å²) >= 11 is 0. The number of benzene rings is 1. The quantitative estimate of drug-likeness (QED) is 0.796. The van der Waals surface area contributed by atoms with Gasteiger partial charge in [0.2, 0.25) is 0 Å². The molecule has 138 valence electrons. The van der Waals surface area contributed by atoms with E-state index in [1.54, 1.807) is 12.1 Å². The molecule has 0 radical (unpaired) electrons. The molecule has 2 N–H and O–H groups in total. The fraction of sp³-hybridized carbons (Fsp3) is 0.450. The van der Waals surface area contributed by atoms with Crippen LogP contribution in [0.25, 0.3) is 0 Å². The molecule has 0 atom stereocenters. The van der Waals surface area contributed by atoms with Gasteiger partial charge in [0.25, 0.3) is 5.91 Å². The van der Waals surface area contributed by atoms with Crippen LogP contribution in [-0.2, 0) is 11.2 Å². The lowest BCUT2D eigenvalue weighted by molar-refractivity contribution is 0.0693. The van der Waals surface area contributed by atoms with Gasteiger partial charge in [-0.2, -0.15) is 0 Å². The van der Waals surface area contributed by atoms with Gasteiger partial charge in [0.05, 0.1) is 0 Å². The van der Waals surface area contributed by atoms with E-state index in [9.17, 15) is 4.79 Å². The van der Waals surface area contributed by atoms with Gasteiger partial charge in [-0.05, 0) is 55.5 Å². The molecule has 1 aromatic heterocycles. The van der Waals surface area contributed by atoms with Crippen molar-refractivity contribution >= 4 is 17.4 Å². The Balaban J connectivity index is 1.54. The highest BCUT2D eigenvalue weighted by atomic mass is 16.5. The monoisotopic (exact) mass is 354 g/mol. The van der Waals surface area contributed by atoms with E-state index in [0.29, 0.717) is 24.7 Å². The molecule has 6 nitrogen and oxygen atoms in total. The van der Waals surface area contributed by atoms with Crippen LogP contribution in [0.5, 0.6) is 0 Å². The number of aryl methyl sites for hydroxylation is 1. The molecule has 1 aliphatic heterocycles. The molecule has 0 bridgehead atoms. The van der Waals surface area contributed by atoms with Gasteiger partial charge < -0.3 is 15.4 Å². The van der Waals surface area contributed by atoms with Crippen molar-refractivity contribution in [3.63, 3.8) is 0 Å². The van der Waals surface area contributed by atoms with Crippen LogP contribution in [0.2, 0.25) is 0 Å². The second kappa shape index (κ2) is 9.29. The number of nitrogens with one attached hydrogen (secondary N) is 2. The number of rotatable bonds is 7. The predicted octanol–water partition coefficient (Wildman–Crippen LogP) is 3.47. The van der Waals surface area contributed by atoms with Crippen molar-refractivity contribution in [3.8, 4) is 0 Å². The first kappa shape index (κ1) is 18.3. The Morgan fingerprint density at radius 1 is 1.12 bits per heavy atom. The van der Waals surface area contributed by atoms with Gasteiger partial charge in [-0.3, -0.25) is 4.79 Å². The number of anilines is 2. The van der Waals surface area contributed by atoms with E-state index in [2.05, 4.69) is 39.9 Å². The van der Waals surface area contributed by atoms with Crippen LogP contribution in [0.1, 0.15) is 48.7 Å². The highest BCUT2D eigenvalue weighted by molar-refractivity contribution is 5.92. The van der Waals surface area contributed by atoms with E-state index >= 15 is 0 Å². The third kappa shape index (κ3) is 5.26. The van der Waals surface area contributed by atoms with E-state index in [1.807, 2.05) is 12.1 Å². The van der Waals surface area contributed by atoms with Crippen molar-refractivity contribution in [2.24, 2.45) is 0 Å². The Hall–Kier alpha value is -2.47. The lowest BCUT2D eigenvalue weighted by atomic mass is 10.1. The van der Waals surface area contributed by atoms with Crippen LogP contribution in [0.4, 0.5) is 11.5 Å². The summed E-state index contributed by atoms with van der Waals surface area (Å²) in [5, 5.41) is 14.4. The summed E-state index contributed by atoms with van der Waals surface area (Å²) in [5.74, 6) is 0.435. The fourth-order valence-corrected chi connectivity index (χ4v) is 2.90. The van der Waals surface area contributed by atoms with E-state index in [-0.39, 0.29) is 11.9 Å². The first-order valence-electron chi connectivity index (χ1n) is 9.33. The van der Waals surface area contributed by atoms with Gasteiger partial charge >= 0.3 is 0 Å². The van der Waals surface area contributed by atoms with E-state index in [1.165, 1.54) is 18.4 Å². The van der Waals surface area contributed by atoms with E-state index in [0.717, 1.165) is 24.9 Å². The SMILES string of the molecule is CCCCc1ccc(Nc2ccc(C(=O)NC3CCOCC3)nn2)cc1. The van der Waals surface area contributed by atoms with Crippen molar-refractivity contribution in [1.29, 1.82) is 0 Å². The first-order valence-corrected chi connectivity index (χ1v) is 9.33. The molecule has 1 aliphatic rings. The van der Waals surface area contributed by atoms with Crippen LogP contribution < -0.4 is 10.6 Å². The van der Waals surface area contributed by atoms with Gasteiger partial charge in [0.15, 0.2) is 11.5 Å². The second-order valence-corrected chi connectivity index (χ2v) is 6.59. The van der Waals surface area contributed by atoms with Gasteiger partial charge in [-0.25, -0.2) is 0 Å². The Labute approximate surface area is 154 Å². The molecule has 1 fully saturated rings. The van der Waals surface area contributed by atoms with Gasteiger partial charge in [-0.15, -0.1) is 10.2 Å². The average molecular weight is 354 g/mol. The number of amides is 1. The maximum atomic E-state index is 12.2. The number of aromatic nitrogens is 2. The molecule has 26 heavy (non-hydrogen) atoms. The zero-order chi connectivity index (χ0) is 18.2. The normalized spacial score (nSPS) is 14.8. The molecule has 0 aliphatic carbocycles. The number of unbranched alkanes of at least 4 members (excludes halogenated alkanes) is 1. The standard InChI is InChI=1S/C20H26N4O2/c1-2-3-4-15-5-7-16(8-6-15)21-19-10-9-18(23-24-19)20(25)22-17-11-13-26-14-12-17/h5-10,17H,2-4,11-14H2,1H3,(H,21,24)(H,22,25). The van der Waals surface area contributed by atoms with Crippen LogP contribution in [-0.4, -0.2) is 35.4 Å². The van der Waals surface area contributed by atoms with Crippen molar-refractivity contribution in [2.75, 3.05) is 18.5 Å². The van der Waals surface area contributed by atoms with Crippen LogP contribution in [0, 0.1) is 0 Å². The van der Waals surface area contributed by atoms with Crippen LogP contribution >= 0.6 is 0 Å². The number of ether oxygens (including phenoxy) is 1. The molecule has 2 aromatic rings. The minimum Gasteiger partial charge on any atom is -0.381 e. The van der Waals surface area contributed by atoms with Crippen LogP contribution in [0.3, 0.4) is 0 Å². The number of hydrogen-bond acceptors (Lipinski definition) is 5. The summed E-state index contributed by atoms with van der Waals surface area (Å²) in [6.07, 6.45) is 5.19. The summed E-state index contributed by atoms with van der Waals surface area (Å²) in [4.78, 5) is 12.2. The lowest BCUT2D eigenvalue weighted by Crippen LogP contribution is -2.39. The zero-order valence-electron chi connectivity index (χ0n) is 15.2. The molecule has 1 amide bonds. The minimum absolute atomic E-state index is 0.155. The molecule has 0 spiro atoms. The highest BCUT2D eigenvalue weighted by Gasteiger charge is 2.17. The molecule has 0 saturated carbocycles. The van der Waals surface area contributed by atoms with Gasteiger partial charge in [-0.1, -0.05) is 25.5 Å². The first-order chi connectivity index (χ1) is 12.7. The molecule has 6 heteroatoms. The van der Waals surface area contributed by atoms with Crippen molar-refractivity contribution in [3.05, 3.63) is 47.7 Å². The summed E-state index contributed by atoms with van der Waals surface area (Å²) in [5.41, 5.74) is 2.62. The molecular weight excluding hydrogens is 328 g/mol. The highest BCUT2D eigenvalue weighted by Crippen LogP contribution is 2.16. The molecule has 1 saturated heterocycles. The Morgan fingerprint density at radius 3 is 2.54 bits per heavy atom.